The molecular formula is C25H26FN3O3. The van der Waals surface area contributed by atoms with E-state index in [1.165, 1.54) is 12.1 Å². The van der Waals surface area contributed by atoms with Crippen LogP contribution in [0.4, 0.5) is 4.39 Å². The molecule has 2 aromatic carbocycles. The molecular weight excluding hydrogens is 409 g/mol. The van der Waals surface area contributed by atoms with E-state index in [-0.39, 0.29) is 17.4 Å². The van der Waals surface area contributed by atoms with Crippen molar-refractivity contribution in [1.29, 1.82) is 0 Å². The molecule has 0 saturated carbocycles. The molecule has 0 spiro atoms. The molecule has 1 fully saturated rings. The number of benzene rings is 2. The van der Waals surface area contributed by atoms with Crippen LogP contribution in [0.25, 0.3) is 10.9 Å². The van der Waals surface area contributed by atoms with Gasteiger partial charge in [0.25, 0.3) is 5.91 Å². The van der Waals surface area contributed by atoms with Crippen LogP contribution in [-0.2, 0) is 11.2 Å². The van der Waals surface area contributed by atoms with Gasteiger partial charge in [-0.05, 0) is 61.2 Å². The third-order valence-electron chi connectivity index (χ3n) is 6.05. The van der Waals surface area contributed by atoms with Crippen molar-refractivity contribution in [2.24, 2.45) is 5.73 Å². The van der Waals surface area contributed by atoms with Crippen molar-refractivity contribution in [3.63, 3.8) is 0 Å². The molecule has 0 unspecified atom stereocenters. The summed E-state index contributed by atoms with van der Waals surface area (Å²) in [4.78, 5) is 31.6. The van der Waals surface area contributed by atoms with Gasteiger partial charge in [-0.25, -0.2) is 4.39 Å². The minimum Gasteiger partial charge on any atom is -0.496 e. The van der Waals surface area contributed by atoms with Gasteiger partial charge < -0.3 is 15.4 Å². The maximum absolute atomic E-state index is 13.6. The molecule has 7 heteroatoms. The molecule has 2 N–H and O–H groups in total. The molecule has 0 bridgehead atoms. The lowest BCUT2D eigenvalue weighted by Crippen LogP contribution is -2.40. The number of piperidine rings is 1. The Morgan fingerprint density at radius 2 is 2.03 bits per heavy atom. The van der Waals surface area contributed by atoms with E-state index < -0.39 is 11.7 Å². The Balaban J connectivity index is 1.57. The molecule has 2 heterocycles. The van der Waals surface area contributed by atoms with Crippen LogP contribution >= 0.6 is 0 Å². The predicted molar refractivity (Wildman–Crippen MR) is 120 cm³/mol. The van der Waals surface area contributed by atoms with Crippen LogP contribution in [0.15, 0.2) is 42.5 Å². The predicted octanol–water partition coefficient (Wildman–Crippen LogP) is 3.74. The molecule has 0 aliphatic carbocycles. The average Bonchev–Trinajstić information content (AvgIpc) is 2.78. The van der Waals surface area contributed by atoms with Crippen molar-refractivity contribution in [1.82, 2.24) is 9.88 Å². The van der Waals surface area contributed by atoms with E-state index in [1.54, 1.807) is 19.2 Å². The highest BCUT2D eigenvalue weighted by Crippen LogP contribution is 2.31. The average molecular weight is 435 g/mol. The van der Waals surface area contributed by atoms with Gasteiger partial charge in [0, 0.05) is 24.4 Å². The molecule has 3 aromatic rings. The fourth-order valence-corrected chi connectivity index (χ4v) is 4.43. The SMILES string of the molecule is COc1ccc(CC(=O)N2CCC[C@H](c3nc4ccc(F)cc4cc3C(N)=O)C2)cc1C. The zero-order valence-electron chi connectivity index (χ0n) is 18.2. The van der Waals surface area contributed by atoms with Gasteiger partial charge in [-0.3, -0.25) is 14.6 Å². The molecule has 166 valence electrons. The number of amides is 2. The summed E-state index contributed by atoms with van der Waals surface area (Å²) in [5, 5.41) is 0.529. The number of fused-ring (bicyclic) bond motifs is 1. The third kappa shape index (κ3) is 4.42. The van der Waals surface area contributed by atoms with Gasteiger partial charge in [0.2, 0.25) is 5.91 Å². The van der Waals surface area contributed by atoms with E-state index >= 15 is 0 Å². The Hall–Kier alpha value is -3.48. The number of aryl methyl sites for hydroxylation is 1. The number of methoxy groups -OCH3 is 1. The first-order valence-electron chi connectivity index (χ1n) is 10.7. The fraction of sp³-hybridized carbons (Fsp3) is 0.320. The van der Waals surface area contributed by atoms with Gasteiger partial charge in [0.1, 0.15) is 11.6 Å². The molecule has 1 saturated heterocycles. The fourth-order valence-electron chi connectivity index (χ4n) is 4.43. The second kappa shape index (κ2) is 8.94. The number of rotatable bonds is 5. The number of likely N-dealkylation sites (tertiary alicyclic amines) is 1. The highest BCUT2D eigenvalue weighted by molar-refractivity contribution is 5.98. The minimum atomic E-state index is -0.601. The highest BCUT2D eigenvalue weighted by Gasteiger charge is 2.29. The number of ether oxygens (including phenoxy) is 1. The summed E-state index contributed by atoms with van der Waals surface area (Å²) >= 11 is 0. The van der Waals surface area contributed by atoms with Crippen LogP contribution in [0.5, 0.6) is 5.75 Å². The van der Waals surface area contributed by atoms with Crippen molar-refractivity contribution < 1.29 is 18.7 Å². The number of aromatic nitrogens is 1. The Labute approximate surface area is 186 Å². The Kier molecular flexibility index (Phi) is 6.08. The molecule has 1 aliphatic rings. The summed E-state index contributed by atoms with van der Waals surface area (Å²) in [7, 11) is 1.62. The first kappa shape index (κ1) is 21.7. The Morgan fingerprint density at radius 3 is 2.75 bits per heavy atom. The van der Waals surface area contributed by atoms with Crippen LogP contribution in [-0.4, -0.2) is 41.9 Å². The second-order valence-electron chi connectivity index (χ2n) is 8.28. The molecule has 0 radical (unpaired) electrons. The topological polar surface area (TPSA) is 85.5 Å². The molecule has 4 rings (SSSR count). The van der Waals surface area contributed by atoms with Gasteiger partial charge in [0.05, 0.1) is 30.3 Å². The van der Waals surface area contributed by atoms with Crippen LogP contribution in [0.1, 0.15) is 45.9 Å². The number of halogens is 1. The van der Waals surface area contributed by atoms with E-state index in [2.05, 4.69) is 4.98 Å². The van der Waals surface area contributed by atoms with Crippen molar-refractivity contribution >= 4 is 22.7 Å². The zero-order chi connectivity index (χ0) is 22.8. The quantitative estimate of drug-likeness (QED) is 0.662. The van der Waals surface area contributed by atoms with Gasteiger partial charge in [-0.1, -0.05) is 12.1 Å². The first-order valence-corrected chi connectivity index (χ1v) is 10.7. The van der Waals surface area contributed by atoms with Crippen LogP contribution in [0, 0.1) is 12.7 Å². The van der Waals surface area contributed by atoms with Crippen LogP contribution in [0.3, 0.4) is 0 Å². The Morgan fingerprint density at radius 1 is 1.22 bits per heavy atom. The maximum atomic E-state index is 13.6. The van der Waals surface area contributed by atoms with E-state index in [1.807, 2.05) is 30.0 Å². The van der Waals surface area contributed by atoms with Crippen LogP contribution in [0.2, 0.25) is 0 Å². The standard InChI is InChI=1S/C25H26FN3O3/c1-15-10-16(5-8-22(15)32-2)11-23(30)29-9-3-4-17(14-29)24-20(25(27)31)13-18-12-19(26)6-7-21(18)28-24/h5-8,10,12-13,17H,3-4,9,11,14H2,1-2H3,(H2,27,31)/t17-/m0/s1. The summed E-state index contributed by atoms with van der Waals surface area (Å²) in [5.74, 6) is -0.285. The molecule has 2 amide bonds. The van der Waals surface area contributed by atoms with Gasteiger partial charge >= 0.3 is 0 Å². The second-order valence-corrected chi connectivity index (χ2v) is 8.28. The molecule has 1 aliphatic heterocycles. The largest absolute Gasteiger partial charge is 0.496 e. The number of hydrogen-bond donors (Lipinski definition) is 1. The van der Waals surface area contributed by atoms with E-state index in [4.69, 9.17) is 10.5 Å². The van der Waals surface area contributed by atoms with E-state index in [0.717, 1.165) is 29.7 Å². The van der Waals surface area contributed by atoms with Crippen LogP contribution < -0.4 is 10.5 Å². The number of carbonyl (C=O) groups excluding carboxylic acids is 2. The number of primary amides is 1. The van der Waals surface area contributed by atoms with Gasteiger partial charge in [0.15, 0.2) is 0 Å². The molecule has 32 heavy (non-hydrogen) atoms. The summed E-state index contributed by atoms with van der Waals surface area (Å²) in [5.41, 5.74) is 9.00. The smallest absolute Gasteiger partial charge is 0.250 e. The Bertz CT molecular complexity index is 1190. The van der Waals surface area contributed by atoms with Gasteiger partial charge in [-0.2, -0.15) is 0 Å². The monoisotopic (exact) mass is 435 g/mol. The van der Waals surface area contributed by atoms with Crippen molar-refractivity contribution in [2.45, 2.75) is 32.1 Å². The normalized spacial score (nSPS) is 16.2. The van der Waals surface area contributed by atoms with Crippen molar-refractivity contribution in [3.05, 3.63) is 70.7 Å². The van der Waals surface area contributed by atoms with E-state index in [0.29, 0.717) is 36.1 Å². The number of nitrogens with zero attached hydrogens (tertiary/aromatic N) is 2. The maximum Gasteiger partial charge on any atom is 0.250 e. The van der Waals surface area contributed by atoms with Crippen molar-refractivity contribution in [2.75, 3.05) is 20.2 Å². The molecule has 6 nitrogen and oxygen atoms in total. The summed E-state index contributed by atoms with van der Waals surface area (Å²) in [6, 6.07) is 11.6. The lowest BCUT2D eigenvalue weighted by Gasteiger charge is -2.33. The summed E-state index contributed by atoms with van der Waals surface area (Å²) < 4.78 is 18.9. The summed E-state index contributed by atoms with van der Waals surface area (Å²) in [6.07, 6.45) is 1.90. The lowest BCUT2D eigenvalue weighted by atomic mass is 9.90. The number of carbonyl (C=O) groups is 2. The minimum absolute atomic E-state index is 0.0303. The van der Waals surface area contributed by atoms with Gasteiger partial charge in [-0.15, -0.1) is 0 Å². The molecule has 1 atom stereocenters. The molecule has 1 aromatic heterocycles. The lowest BCUT2D eigenvalue weighted by molar-refractivity contribution is -0.131. The van der Waals surface area contributed by atoms with Crippen molar-refractivity contribution in [3.8, 4) is 5.75 Å². The highest BCUT2D eigenvalue weighted by atomic mass is 19.1. The number of pyridine rings is 1. The zero-order valence-corrected chi connectivity index (χ0v) is 18.2. The third-order valence-corrected chi connectivity index (χ3v) is 6.05. The number of hydrogen-bond acceptors (Lipinski definition) is 4. The van der Waals surface area contributed by atoms with E-state index in [9.17, 15) is 14.0 Å². The summed E-state index contributed by atoms with van der Waals surface area (Å²) in [6.45, 7) is 3.08. The first-order chi connectivity index (χ1) is 15.4. The number of nitrogens with two attached hydrogens (primary N) is 1.